The van der Waals surface area contributed by atoms with Crippen LogP contribution in [0.4, 0.5) is 13.2 Å². The van der Waals surface area contributed by atoms with E-state index in [1.165, 1.54) is 13.0 Å². The molecule has 0 aliphatic rings. The summed E-state index contributed by atoms with van der Waals surface area (Å²) in [7, 11) is 0.867. The third kappa shape index (κ3) is 3.51. The molecule has 0 atom stereocenters. The normalized spacial score (nSPS) is 12.0. The van der Waals surface area contributed by atoms with Gasteiger partial charge in [-0.2, -0.15) is 5.26 Å². The summed E-state index contributed by atoms with van der Waals surface area (Å²) in [6.45, 7) is 1.21. The molecule has 0 amide bonds. The number of aryl methyl sites for hydroxylation is 1. The first kappa shape index (κ1) is 14.6. The number of nitriles is 1. The van der Waals surface area contributed by atoms with Crippen LogP contribution in [0.3, 0.4) is 0 Å². The van der Waals surface area contributed by atoms with E-state index in [1.807, 2.05) is 0 Å². The Morgan fingerprint density at radius 1 is 1.39 bits per heavy atom. The quantitative estimate of drug-likeness (QED) is 0.787. The summed E-state index contributed by atoms with van der Waals surface area (Å²) in [5, 5.41) is 8.72. The monoisotopic (exact) mass is 299 g/mol. The Hall–Kier alpha value is -1.46. The summed E-state index contributed by atoms with van der Waals surface area (Å²) < 4.78 is 61.9. The zero-order valence-electron chi connectivity index (χ0n) is 8.75. The van der Waals surface area contributed by atoms with E-state index in [1.54, 1.807) is 0 Å². The maximum atomic E-state index is 12.0. The highest BCUT2D eigenvalue weighted by molar-refractivity contribution is 8.13. The topological polar surface area (TPSA) is 67.2 Å². The predicted molar refractivity (Wildman–Crippen MR) is 55.6 cm³/mol. The minimum atomic E-state index is -4.93. The van der Waals surface area contributed by atoms with Crippen molar-refractivity contribution in [1.29, 1.82) is 5.26 Å². The van der Waals surface area contributed by atoms with Gasteiger partial charge in [-0.25, -0.2) is 8.42 Å². The molecule has 0 radical (unpaired) electrons. The van der Waals surface area contributed by atoms with Gasteiger partial charge in [-0.1, -0.05) is 0 Å². The molecule has 0 N–H and O–H groups in total. The summed E-state index contributed by atoms with van der Waals surface area (Å²) in [4.78, 5) is -0.527. The van der Waals surface area contributed by atoms with Crippen LogP contribution in [0.25, 0.3) is 0 Å². The number of nitrogens with zero attached hydrogens (tertiary/aromatic N) is 1. The number of rotatable bonds is 2. The van der Waals surface area contributed by atoms with Crippen molar-refractivity contribution in [3.05, 3.63) is 23.3 Å². The fourth-order valence-corrected chi connectivity index (χ4v) is 2.77. The van der Waals surface area contributed by atoms with E-state index < -0.39 is 31.6 Å². The molecule has 0 saturated heterocycles. The summed E-state index contributed by atoms with van der Waals surface area (Å²) >= 11 is 0. The molecular weight excluding hydrogens is 295 g/mol. The van der Waals surface area contributed by atoms with Crippen LogP contribution in [0.2, 0.25) is 0 Å². The third-order valence-corrected chi connectivity index (χ3v) is 3.34. The average molecular weight is 300 g/mol. The molecule has 4 nitrogen and oxygen atoms in total. The lowest BCUT2D eigenvalue weighted by molar-refractivity contribution is -0.274. The van der Waals surface area contributed by atoms with Crippen LogP contribution in [-0.4, -0.2) is 14.8 Å². The van der Waals surface area contributed by atoms with Crippen LogP contribution < -0.4 is 4.74 Å². The second kappa shape index (κ2) is 4.66. The van der Waals surface area contributed by atoms with Crippen molar-refractivity contribution in [1.82, 2.24) is 0 Å². The summed E-state index contributed by atoms with van der Waals surface area (Å²) in [6, 6.07) is 2.96. The second-order valence-corrected chi connectivity index (χ2v) is 5.72. The van der Waals surface area contributed by atoms with Crippen LogP contribution in [0.15, 0.2) is 17.0 Å². The lowest BCUT2D eigenvalue weighted by Crippen LogP contribution is -2.17. The van der Waals surface area contributed by atoms with Gasteiger partial charge in [-0.15, -0.1) is 13.2 Å². The SMILES string of the molecule is Cc1cc(OC(F)(F)F)cc(C#N)c1S(=O)(=O)Cl. The van der Waals surface area contributed by atoms with Crippen LogP contribution in [-0.2, 0) is 9.05 Å². The van der Waals surface area contributed by atoms with Gasteiger partial charge in [0, 0.05) is 10.7 Å². The Kier molecular flexibility index (Phi) is 3.78. The molecule has 0 aliphatic carbocycles. The molecule has 18 heavy (non-hydrogen) atoms. The Bertz CT molecular complexity index is 619. The summed E-state index contributed by atoms with van der Waals surface area (Å²) in [6.07, 6.45) is -4.93. The second-order valence-electron chi connectivity index (χ2n) is 3.21. The van der Waals surface area contributed by atoms with Crippen molar-refractivity contribution in [2.24, 2.45) is 0 Å². The molecule has 0 unspecified atom stereocenters. The molecule has 0 saturated carbocycles. The maximum Gasteiger partial charge on any atom is 0.573 e. The molecular formula is C9H5ClF3NO3S. The van der Waals surface area contributed by atoms with E-state index in [4.69, 9.17) is 15.9 Å². The highest BCUT2D eigenvalue weighted by Gasteiger charge is 2.32. The molecule has 0 bridgehead atoms. The largest absolute Gasteiger partial charge is 0.573 e. The van der Waals surface area contributed by atoms with Crippen molar-refractivity contribution in [2.45, 2.75) is 18.2 Å². The lowest BCUT2D eigenvalue weighted by Gasteiger charge is -2.11. The Balaban J connectivity index is 3.43. The highest BCUT2D eigenvalue weighted by Crippen LogP contribution is 2.31. The average Bonchev–Trinajstić information content (AvgIpc) is 2.11. The fourth-order valence-electron chi connectivity index (χ4n) is 1.34. The van der Waals surface area contributed by atoms with Gasteiger partial charge < -0.3 is 4.74 Å². The van der Waals surface area contributed by atoms with E-state index in [0.29, 0.717) is 6.07 Å². The van der Waals surface area contributed by atoms with Crippen LogP contribution in [0, 0.1) is 18.3 Å². The maximum absolute atomic E-state index is 12.0. The van der Waals surface area contributed by atoms with Gasteiger partial charge in [0.05, 0.1) is 5.56 Å². The molecule has 0 aliphatic heterocycles. The zero-order chi connectivity index (χ0) is 14.1. The number of ether oxygens (including phenoxy) is 1. The van der Waals surface area contributed by atoms with Crippen molar-refractivity contribution in [2.75, 3.05) is 0 Å². The minimum Gasteiger partial charge on any atom is -0.406 e. The number of hydrogen-bond donors (Lipinski definition) is 0. The summed E-state index contributed by atoms with van der Waals surface area (Å²) in [5.74, 6) is -0.680. The van der Waals surface area contributed by atoms with Crippen LogP contribution in [0.1, 0.15) is 11.1 Å². The standard InChI is InChI=1S/C9H5ClF3NO3S/c1-5-2-7(17-9(11,12)13)3-6(4-14)8(5)18(10,15)16/h2-3H,1H3. The molecule has 1 aromatic rings. The van der Waals surface area contributed by atoms with E-state index in [0.717, 1.165) is 6.07 Å². The van der Waals surface area contributed by atoms with Gasteiger partial charge >= 0.3 is 6.36 Å². The number of hydrogen-bond acceptors (Lipinski definition) is 4. The molecule has 0 fully saturated rings. The van der Waals surface area contributed by atoms with Crippen LogP contribution in [0.5, 0.6) is 5.75 Å². The molecule has 0 heterocycles. The van der Waals surface area contributed by atoms with Crippen molar-refractivity contribution < 1.29 is 26.3 Å². The predicted octanol–water partition coefficient (Wildman–Crippen LogP) is 2.69. The van der Waals surface area contributed by atoms with Crippen molar-refractivity contribution in [3.63, 3.8) is 0 Å². The van der Waals surface area contributed by atoms with Gasteiger partial charge in [-0.05, 0) is 24.6 Å². The first-order chi connectivity index (χ1) is 8.04. The van der Waals surface area contributed by atoms with Gasteiger partial charge in [0.1, 0.15) is 16.7 Å². The molecule has 9 heteroatoms. The first-order valence-corrected chi connectivity index (χ1v) is 6.60. The van der Waals surface area contributed by atoms with E-state index >= 15 is 0 Å². The fraction of sp³-hybridized carbons (Fsp3) is 0.222. The molecule has 1 rings (SSSR count). The molecule has 0 aromatic heterocycles. The number of benzene rings is 1. The Morgan fingerprint density at radius 3 is 2.33 bits per heavy atom. The minimum absolute atomic E-state index is 0.108. The third-order valence-electron chi connectivity index (χ3n) is 1.85. The highest BCUT2D eigenvalue weighted by atomic mass is 35.7. The summed E-state index contributed by atoms with van der Waals surface area (Å²) in [5.41, 5.74) is -0.618. The zero-order valence-corrected chi connectivity index (χ0v) is 10.3. The van der Waals surface area contributed by atoms with Gasteiger partial charge in [-0.3, -0.25) is 0 Å². The van der Waals surface area contributed by atoms with E-state index in [9.17, 15) is 21.6 Å². The number of alkyl halides is 3. The molecule has 98 valence electrons. The number of halogens is 4. The smallest absolute Gasteiger partial charge is 0.406 e. The first-order valence-electron chi connectivity index (χ1n) is 4.30. The molecule has 0 spiro atoms. The van der Waals surface area contributed by atoms with Gasteiger partial charge in [0.25, 0.3) is 9.05 Å². The Labute approximate surface area is 105 Å². The lowest BCUT2D eigenvalue weighted by atomic mass is 10.1. The van der Waals surface area contributed by atoms with Crippen molar-refractivity contribution >= 4 is 19.7 Å². The van der Waals surface area contributed by atoms with Gasteiger partial charge in [0.15, 0.2) is 0 Å². The van der Waals surface area contributed by atoms with E-state index in [2.05, 4.69) is 4.74 Å². The Morgan fingerprint density at radius 2 is 1.94 bits per heavy atom. The molecule has 1 aromatic carbocycles. The van der Waals surface area contributed by atoms with Crippen molar-refractivity contribution in [3.8, 4) is 11.8 Å². The van der Waals surface area contributed by atoms with Gasteiger partial charge in [0.2, 0.25) is 0 Å². The van der Waals surface area contributed by atoms with Crippen LogP contribution >= 0.6 is 10.7 Å². The van der Waals surface area contributed by atoms with E-state index in [-0.39, 0.29) is 5.56 Å².